The minimum Gasteiger partial charge on any atom is -0.208 e. The van der Waals surface area contributed by atoms with Gasteiger partial charge in [-0.2, -0.15) is 0 Å². The van der Waals surface area contributed by atoms with Crippen molar-refractivity contribution < 1.29 is 8.42 Å². The van der Waals surface area contributed by atoms with Gasteiger partial charge in [-0.15, -0.1) is 0 Å². The topological polar surface area (TPSA) is 46.2 Å². The molecule has 1 N–H and O–H groups in total. The van der Waals surface area contributed by atoms with Crippen LogP contribution < -0.4 is 4.72 Å². The second-order valence-corrected chi connectivity index (χ2v) is 7.41. The Morgan fingerprint density at radius 3 is 2.59 bits per heavy atom. The average Bonchev–Trinajstić information content (AvgIpc) is 3.25. The predicted octanol–water partition coefficient (Wildman–Crippen LogP) is 3.79. The Hall–Kier alpha value is -1.62. The van der Waals surface area contributed by atoms with E-state index in [4.69, 9.17) is 11.6 Å². The van der Waals surface area contributed by atoms with E-state index in [9.17, 15) is 8.42 Å². The van der Waals surface area contributed by atoms with Crippen LogP contribution in [0, 0.1) is 0 Å². The zero-order valence-electron chi connectivity index (χ0n) is 11.8. The lowest BCUT2D eigenvalue weighted by Gasteiger charge is -2.02. The third-order valence-electron chi connectivity index (χ3n) is 3.62. The Morgan fingerprint density at radius 2 is 1.86 bits per heavy atom. The van der Waals surface area contributed by atoms with Crippen molar-refractivity contribution in [2.24, 2.45) is 0 Å². The van der Waals surface area contributed by atoms with Gasteiger partial charge in [-0.3, -0.25) is 0 Å². The van der Waals surface area contributed by atoms with Crippen LogP contribution in [0.15, 0.2) is 60.0 Å². The van der Waals surface area contributed by atoms with Crippen LogP contribution >= 0.6 is 11.6 Å². The van der Waals surface area contributed by atoms with E-state index in [2.05, 4.69) is 4.72 Å². The van der Waals surface area contributed by atoms with Crippen LogP contribution in [0.25, 0.3) is 6.08 Å². The third kappa shape index (κ3) is 3.97. The first kappa shape index (κ1) is 15.3. The van der Waals surface area contributed by atoms with Crippen LogP contribution in [0.3, 0.4) is 0 Å². The summed E-state index contributed by atoms with van der Waals surface area (Å²) in [7, 11) is -3.44. The molecule has 1 saturated carbocycles. The fourth-order valence-electron chi connectivity index (χ4n) is 2.42. The largest absolute Gasteiger partial charge is 0.234 e. The monoisotopic (exact) mass is 333 g/mol. The number of hydrogen-bond acceptors (Lipinski definition) is 2. The van der Waals surface area contributed by atoms with Gasteiger partial charge in [0.05, 0.1) is 0 Å². The molecule has 1 aliphatic carbocycles. The van der Waals surface area contributed by atoms with Gasteiger partial charge in [0, 0.05) is 22.4 Å². The summed E-state index contributed by atoms with van der Waals surface area (Å²) in [4.78, 5) is 0. The molecule has 0 aliphatic heterocycles. The zero-order chi connectivity index (χ0) is 15.6. The van der Waals surface area contributed by atoms with E-state index in [1.54, 1.807) is 24.3 Å². The molecule has 0 amide bonds. The standard InChI is InChI=1S/C17H16ClNO2S/c18-15-8-4-5-13(11-15)9-10-22(20,21)19-17-12-16(17)14-6-2-1-3-7-14/h1-11,16-17,19H,12H2/b10-9+/t16-,17+/m1/s1. The Morgan fingerprint density at radius 1 is 1.09 bits per heavy atom. The molecule has 22 heavy (non-hydrogen) atoms. The van der Waals surface area contributed by atoms with E-state index in [1.165, 1.54) is 11.0 Å². The Balaban J connectivity index is 1.63. The molecule has 0 spiro atoms. The molecule has 0 aromatic heterocycles. The molecule has 0 saturated heterocycles. The van der Waals surface area contributed by atoms with Gasteiger partial charge in [0.15, 0.2) is 0 Å². The molecule has 2 aromatic rings. The van der Waals surface area contributed by atoms with Crippen molar-refractivity contribution in [3.63, 3.8) is 0 Å². The summed E-state index contributed by atoms with van der Waals surface area (Å²) in [6.45, 7) is 0. The fraction of sp³-hybridized carbons (Fsp3) is 0.176. The molecule has 3 rings (SSSR count). The van der Waals surface area contributed by atoms with Crippen molar-refractivity contribution in [2.75, 3.05) is 0 Å². The van der Waals surface area contributed by atoms with Crippen molar-refractivity contribution >= 4 is 27.7 Å². The Bertz CT molecular complexity index is 787. The molecule has 1 aliphatic rings. The van der Waals surface area contributed by atoms with Crippen molar-refractivity contribution in [3.05, 3.63) is 76.2 Å². The number of benzene rings is 2. The van der Waals surface area contributed by atoms with E-state index in [0.29, 0.717) is 5.02 Å². The van der Waals surface area contributed by atoms with Gasteiger partial charge in [-0.1, -0.05) is 54.1 Å². The van der Waals surface area contributed by atoms with Crippen LogP contribution in [0.5, 0.6) is 0 Å². The quantitative estimate of drug-likeness (QED) is 0.905. The van der Waals surface area contributed by atoms with Gasteiger partial charge >= 0.3 is 0 Å². The maximum absolute atomic E-state index is 12.1. The maximum Gasteiger partial charge on any atom is 0.234 e. The molecule has 5 heteroatoms. The van der Waals surface area contributed by atoms with Crippen molar-refractivity contribution in [2.45, 2.75) is 18.4 Å². The number of nitrogens with one attached hydrogen (secondary N) is 1. The molecule has 0 radical (unpaired) electrons. The number of hydrogen-bond donors (Lipinski definition) is 1. The lowest BCUT2D eigenvalue weighted by atomic mass is 10.1. The van der Waals surface area contributed by atoms with Gasteiger partial charge < -0.3 is 0 Å². The summed E-state index contributed by atoms with van der Waals surface area (Å²) < 4.78 is 26.9. The SMILES string of the molecule is O=S(=O)(/C=C/c1cccc(Cl)c1)N[C@H]1C[C@@H]1c1ccccc1. The number of sulfonamides is 1. The average molecular weight is 334 g/mol. The first-order chi connectivity index (χ1) is 10.5. The van der Waals surface area contributed by atoms with Crippen LogP contribution in [0.4, 0.5) is 0 Å². The number of rotatable bonds is 5. The molecule has 0 unspecified atom stereocenters. The van der Waals surface area contributed by atoms with Crippen LogP contribution in [-0.2, 0) is 10.0 Å². The predicted molar refractivity (Wildman–Crippen MR) is 90.1 cm³/mol. The maximum atomic E-state index is 12.1. The summed E-state index contributed by atoms with van der Waals surface area (Å²) in [6, 6.07) is 17.0. The molecule has 1 fully saturated rings. The highest BCUT2D eigenvalue weighted by Crippen LogP contribution is 2.41. The Labute approximate surface area is 135 Å². The van der Waals surface area contributed by atoms with E-state index < -0.39 is 10.0 Å². The first-order valence-corrected chi connectivity index (χ1v) is 8.97. The molecule has 0 bridgehead atoms. The molecule has 3 nitrogen and oxygen atoms in total. The highest BCUT2D eigenvalue weighted by Gasteiger charge is 2.40. The van der Waals surface area contributed by atoms with Gasteiger partial charge in [0.1, 0.15) is 0 Å². The van der Waals surface area contributed by atoms with Crippen LogP contribution in [-0.4, -0.2) is 14.5 Å². The van der Waals surface area contributed by atoms with E-state index in [1.807, 2.05) is 36.4 Å². The van der Waals surface area contributed by atoms with Gasteiger partial charge in [-0.25, -0.2) is 13.1 Å². The number of halogens is 1. The second kappa shape index (κ2) is 6.24. The molecular formula is C17H16ClNO2S. The molecule has 0 heterocycles. The lowest BCUT2D eigenvalue weighted by molar-refractivity contribution is 0.589. The van der Waals surface area contributed by atoms with Crippen molar-refractivity contribution in [3.8, 4) is 0 Å². The van der Waals surface area contributed by atoms with Crippen LogP contribution in [0.1, 0.15) is 23.5 Å². The minimum atomic E-state index is -3.44. The van der Waals surface area contributed by atoms with Crippen molar-refractivity contribution in [1.29, 1.82) is 0 Å². The smallest absolute Gasteiger partial charge is 0.208 e. The highest BCUT2D eigenvalue weighted by atomic mass is 35.5. The molecule has 114 valence electrons. The highest BCUT2D eigenvalue weighted by molar-refractivity contribution is 7.92. The van der Waals surface area contributed by atoms with E-state index >= 15 is 0 Å². The summed E-state index contributed by atoms with van der Waals surface area (Å²) in [5.74, 6) is 0.274. The van der Waals surface area contributed by atoms with Crippen LogP contribution in [0.2, 0.25) is 5.02 Å². The van der Waals surface area contributed by atoms with E-state index in [-0.39, 0.29) is 12.0 Å². The zero-order valence-corrected chi connectivity index (χ0v) is 13.4. The van der Waals surface area contributed by atoms with E-state index in [0.717, 1.165) is 12.0 Å². The third-order valence-corrected chi connectivity index (χ3v) is 4.98. The normalized spacial score (nSPS) is 21.1. The summed E-state index contributed by atoms with van der Waals surface area (Å²) in [5.41, 5.74) is 1.93. The van der Waals surface area contributed by atoms with Gasteiger partial charge in [0.25, 0.3) is 0 Å². The molecule has 2 atom stereocenters. The first-order valence-electron chi connectivity index (χ1n) is 7.04. The summed E-state index contributed by atoms with van der Waals surface area (Å²) >= 11 is 5.88. The second-order valence-electron chi connectivity index (χ2n) is 5.38. The minimum absolute atomic E-state index is 0.0172. The Kier molecular flexibility index (Phi) is 4.34. The molecular weight excluding hydrogens is 318 g/mol. The summed E-state index contributed by atoms with van der Waals surface area (Å²) in [5, 5.41) is 1.78. The lowest BCUT2D eigenvalue weighted by Crippen LogP contribution is -2.24. The fourth-order valence-corrected chi connectivity index (χ4v) is 3.72. The summed E-state index contributed by atoms with van der Waals surface area (Å²) in [6.07, 6.45) is 2.39. The van der Waals surface area contributed by atoms with Gasteiger partial charge in [0.2, 0.25) is 10.0 Å². The van der Waals surface area contributed by atoms with Crippen molar-refractivity contribution in [1.82, 2.24) is 4.72 Å². The molecule has 2 aromatic carbocycles. The van der Waals surface area contributed by atoms with Gasteiger partial charge in [-0.05, 0) is 35.8 Å².